The molecule has 3 amide bonds. The molecule has 1 aliphatic heterocycles. The van der Waals surface area contributed by atoms with E-state index in [0.717, 1.165) is 36.8 Å². The molecule has 6 rings (SSSR count). The molecule has 0 bridgehead atoms. The third kappa shape index (κ3) is 5.32. The fourth-order valence-corrected chi connectivity index (χ4v) is 5.83. The van der Waals surface area contributed by atoms with Gasteiger partial charge in [-0.3, -0.25) is 9.69 Å². The van der Waals surface area contributed by atoms with Crippen LogP contribution < -0.4 is 26.0 Å². The lowest BCUT2D eigenvalue weighted by molar-refractivity contribution is 0.0931. The topological polar surface area (TPSA) is 110 Å². The molecule has 198 valence electrons. The molecule has 1 aliphatic carbocycles. The molecule has 0 saturated heterocycles. The number of rotatable bonds is 5. The zero-order chi connectivity index (χ0) is 24.6. The van der Waals surface area contributed by atoms with Gasteiger partial charge in [0.15, 0.2) is 0 Å². The Labute approximate surface area is 238 Å². The summed E-state index contributed by atoms with van der Waals surface area (Å²) in [5.41, 5.74) is 7.89. The van der Waals surface area contributed by atoms with E-state index in [4.69, 9.17) is 10.5 Å². The van der Waals surface area contributed by atoms with Crippen LogP contribution in [0.15, 0.2) is 66.9 Å². The number of para-hydroxylation sites is 1. The van der Waals surface area contributed by atoms with E-state index >= 15 is 0 Å². The van der Waals surface area contributed by atoms with Crippen LogP contribution in [0.5, 0.6) is 11.5 Å². The number of anilines is 3. The maximum absolute atomic E-state index is 13.3. The molecule has 8 nitrogen and oxygen atoms in total. The summed E-state index contributed by atoms with van der Waals surface area (Å²) in [5, 5.41) is 6.84. The van der Waals surface area contributed by atoms with Gasteiger partial charge in [0.05, 0.1) is 22.4 Å². The third-order valence-corrected chi connectivity index (χ3v) is 7.73. The van der Waals surface area contributed by atoms with E-state index in [1.54, 1.807) is 17.2 Å². The van der Waals surface area contributed by atoms with Crippen molar-refractivity contribution < 1.29 is 14.3 Å². The van der Waals surface area contributed by atoms with Crippen LogP contribution in [0.2, 0.25) is 0 Å². The molecule has 11 heteroatoms. The fraction of sp³-hybridized carbons (Fsp3) is 0.222. The Bertz CT molecular complexity index is 1440. The number of aromatic nitrogens is 1. The standard InChI is InChI=1S/C27H25N5O3S.2H2S/c28-16-6-8-17(9-7-16)30-25(33)24-23-22-21(14-15-29-26(22)36-24)32(27(34)31-23)18-10-12-20(13-11-18)35-19-4-2-1-3-5-19;;/h1-5,10-17H,6-9,28H2,(H,30,33)(H,31,34);2*1H2. The molecule has 1 saturated carbocycles. The molecule has 0 radical (unpaired) electrons. The number of pyridine rings is 1. The normalized spacial score (nSPS) is 18.1. The average Bonchev–Trinajstić information content (AvgIpc) is 3.26. The first-order valence-electron chi connectivity index (χ1n) is 12.0. The number of amides is 3. The highest BCUT2D eigenvalue weighted by Gasteiger charge is 2.33. The number of carbonyl (C=O) groups excluding carboxylic acids is 2. The summed E-state index contributed by atoms with van der Waals surface area (Å²) in [6.07, 6.45) is 5.19. The molecule has 38 heavy (non-hydrogen) atoms. The zero-order valence-electron chi connectivity index (χ0n) is 20.4. The summed E-state index contributed by atoms with van der Waals surface area (Å²) in [7, 11) is 0. The number of nitrogens with two attached hydrogens (primary N) is 1. The molecule has 0 atom stereocenters. The summed E-state index contributed by atoms with van der Waals surface area (Å²) >= 11 is 1.29. The minimum Gasteiger partial charge on any atom is -0.457 e. The van der Waals surface area contributed by atoms with E-state index in [1.165, 1.54) is 11.3 Å². The van der Waals surface area contributed by atoms with Gasteiger partial charge < -0.3 is 21.1 Å². The Morgan fingerprint density at radius 3 is 2.39 bits per heavy atom. The smallest absolute Gasteiger partial charge is 0.331 e. The first-order valence-corrected chi connectivity index (χ1v) is 12.8. The van der Waals surface area contributed by atoms with Gasteiger partial charge in [-0.2, -0.15) is 27.0 Å². The first kappa shape index (κ1) is 27.8. The molecule has 4 aromatic rings. The summed E-state index contributed by atoms with van der Waals surface area (Å²) in [5.74, 6) is 1.22. The minimum absolute atomic E-state index is 0. The van der Waals surface area contributed by atoms with E-state index in [2.05, 4.69) is 15.6 Å². The average molecular weight is 568 g/mol. The molecule has 0 spiro atoms. The lowest BCUT2D eigenvalue weighted by Gasteiger charge is -2.29. The second-order valence-electron chi connectivity index (χ2n) is 9.08. The first-order chi connectivity index (χ1) is 17.6. The highest BCUT2D eigenvalue weighted by molar-refractivity contribution is 7.59. The van der Waals surface area contributed by atoms with Gasteiger partial charge in [0, 0.05) is 18.3 Å². The lowest BCUT2D eigenvalue weighted by atomic mass is 9.92. The van der Waals surface area contributed by atoms with Crippen LogP contribution in [0.25, 0.3) is 10.2 Å². The van der Waals surface area contributed by atoms with E-state index in [0.29, 0.717) is 32.5 Å². The van der Waals surface area contributed by atoms with E-state index in [9.17, 15) is 9.59 Å². The van der Waals surface area contributed by atoms with Gasteiger partial charge in [-0.1, -0.05) is 18.2 Å². The van der Waals surface area contributed by atoms with Crippen molar-refractivity contribution >= 4 is 77.5 Å². The fourth-order valence-electron chi connectivity index (χ4n) is 4.80. The number of carbonyl (C=O) groups is 2. The number of nitrogens with zero attached hydrogens (tertiary/aromatic N) is 2. The molecule has 3 heterocycles. The van der Waals surface area contributed by atoms with E-state index in [1.807, 2.05) is 54.6 Å². The molecular formula is C27H29N5O3S3. The quantitative estimate of drug-likeness (QED) is 0.274. The number of hydrogen-bond donors (Lipinski definition) is 3. The predicted molar refractivity (Wildman–Crippen MR) is 162 cm³/mol. The zero-order valence-corrected chi connectivity index (χ0v) is 23.3. The van der Waals surface area contributed by atoms with Crippen molar-refractivity contribution in [3.63, 3.8) is 0 Å². The van der Waals surface area contributed by atoms with Gasteiger partial charge >= 0.3 is 6.03 Å². The lowest BCUT2D eigenvalue weighted by Crippen LogP contribution is -2.40. The van der Waals surface area contributed by atoms with Crippen molar-refractivity contribution in [2.75, 3.05) is 10.2 Å². The summed E-state index contributed by atoms with van der Waals surface area (Å²) < 4.78 is 5.88. The number of nitrogens with one attached hydrogen (secondary N) is 2. The Morgan fingerprint density at radius 1 is 1.00 bits per heavy atom. The van der Waals surface area contributed by atoms with E-state index < -0.39 is 0 Å². The van der Waals surface area contributed by atoms with Crippen molar-refractivity contribution in [3.05, 3.63) is 71.7 Å². The third-order valence-electron chi connectivity index (χ3n) is 6.63. The van der Waals surface area contributed by atoms with Crippen molar-refractivity contribution in [1.82, 2.24) is 10.3 Å². The van der Waals surface area contributed by atoms with Crippen LogP contribution in [-0.4, -0.2) is 29.0 Å². The number of benzene rings is 2. The number of urea groups is 1. The van der Waals surface area contributed by atoms with Gasteiger partial charge in [0.2, 0.25) is 0 Å². The van der Waals surface area contributed by atoms with Crippen molar-refractivity contribution in [2.24, 2.45) is 5.73 Å². The Balaban J connectivity index is 0.00000168. The number of hydrogen-bond acceptors (Lipinski definition) is 6. The maximum Gasteiger partial charge on any atom is 0.331 e. The molecule has 0 unspecified atom stereocenters. The number of ether oxygens (including phenoxy) is 1. The van der Waals surface area contributed by atoms with Crippen molar-refractivity contribution in [2.45, 2.75) is 37.8 Å². The van der Waals surface area contributed by atoms with Crippen LogP contribution in [0.4, 0.5) is 21.9 Å². The molecule has 1 fully saturated rings. The van der Waals surface area contributed by atoms with Crippen molar-refractivity contribution in [3.8, 4) is 11.5 Å². The molecule has 4 N–H and O–H groups in total. The molecule has 2 aromatic heterocycles. The molecule has 2 aromatic carbocycles. The Hall–Kier alpha value is -3.25. The SMILES string of the molecule is NC1CCC(NC(=O)c2sc3nccc4c3c2NC(=O)N4c2ccc(Oc3ccccc3)cc2)CC1.S.S. The van der Waals surface area contributed by atoms with E-state index in [-0.39, 0.29) is 51.0 Å². The van der Waals surface area contributed by atoms with Gasteiger partial charge in [0.25, 0.3) is 5.91 Å². The van der Waals surface area contributed by atoms with Gasteiger partial charge in [0.1, 0.15) is 21.2 Å². The Morgan fingerprint density at radius 2 is 1.68 bits per heavy atom. The van der Waals surface area contributed by atoms with Crippen LogP contribution >= 0.6 is 38.3 Å². The van der Waals surface area contributed by atoms with Gasteiger partial charge in [-0.15, -0.1) is 11.3 Å². The van der Waals surface area contributed by atoms with Gasteiger partial charge in [-0.25, -0.2) is 9.78 Å². The highest BCUT2D eigenvalue weighted by Crippen LogP contribution is 2.46. The largest absolute Gasteiger partial charge is 0.457 e. The number of thiophene rings is 1. The molecular weight excluding hydrogens is 539 g/mol. The van der Waals surface area contributed by atoms with Crippen molar-refractivity contribution in [1.29, 1.82) is 0 Å². The Kier molecular flexibility index (Phi) is 8.51. The minimum atomic E-state index is -0.331. The predicted octanol–water partition coefficient (Wildman–Crippen LogP) is 6.00. The summed E-state index contributed by atoms with van der Waals surface area (Å²) in [4.78, 5) is 33.7. The van der Waals surface area contributed by atoms with Crippen LogP contribution in [0, 0.1) is 0 Å². The van der Waals surface area contributed by atoms with Crippen LogP contribution in [0.1, 0.15) is 35.4 Å². The highest BCUT2D eigenvalue weighted by atomic mass is 32.1. The van der Waals surface area contributed by atoms with Crippen LogP contribution in [-0.2, 0) is 0 Å². The maximum atomic E-state index is 13.3. The van der Waals surface area contributed by atoms with Crippen LogP contribution in [0.3, 0.4) is 0 Å². The summed E-state index contributed by atoms with van der Waals surface area (Å²) in [6, 6.07) is 18.6. The monoisotopic (exact) mass is 567 g/mol. The summed E-state index contributed by atoms with van der Waals surface area (Å²) in [6.45, 7) is 0. The second-order valence-corrected chi connectivity index (χ2v) is 10.1. The second kappa shape index (κ2) is 11.6. The van der Waals surface area contributed by atoms with Gasteiger partial charge in [-0.05, 0) is 68.1 Å². The molecule has 2 aliphatic rings.